The van der Waals surface area contributed by atoms with Crippen LogP contribution < -0.4 is 10.1 Å². The van der Waals surface area contributed by atoms with Gasteiger partial charge in [-0.3, -0.25) is 19.6 Å². The number of carbonyl (C=O) groups excluding carboxylic acids is 1. The first-order valence-electron chi connectivity index (χ1n) is 9.34. The Morgan fingerprint density at radius 3 is 2.83 bits per heavy atom. The second-order valence-electron chi connectivity index (χ2n) is 6.65. The Kier molecular flexibility index (Phi) is 6.83. The number of nitro benzene ring substituents is 1. The number of aryl methyl sites for hydroxylation is 2. The summed E-state index contributed by atoms with van der Waals surface area (Å²) in [6, 6.07) is 11.8. The number of amides is 1. The average Bonchev–Trinajstić information content (AvgIpc) is 3.10. The van der Waals surface area contributed by atoms with Gasteiger partial charge < -0.3 is 10.1 Å². The highest BCUT2D eigenvalue weighted by Gasteiger charge is 2.16. The van der Waals surface area contributed by atoms with Crippen molar-refractivity contribution < 1.29 is 14.5 Å². The monoisotopic (exact) mass is 472 g/mol. The first-order chi connectivity index (χ1) is 14.4. The second-order valence-corrected chi connectivity index (χ2v) is 7.51. The number of rotatable bonds is 8. The van der Waals surface area contributed by atoms with E-state index in [9.17, 15) is 14.9 Å². The standard InChI is InChI=1S/C21H21BrN4O4/c1-3-25-19(17(22)11-24-25)12-23-21(27)16-6-4-5-15(10-16)13-30-20-8-7-14(2)9-18(20)26(28)29/h4-11H,3,12-13H2,1-2H3,(H,23,27). The molecule has 0 fully saturated rings. The molecule has 0 aliphatic rings. The van der Waals surface area contributed by atoms with Crippen LogP contribution >= 0.6 is 15.9 Å². The molecule has 1 amide bonds. The molecule has 156 valence electrons. The highest BCUT2D eigenvalue weighted by molar-refractivity contribution is 9.10. The largest absolute Gasteiger partial charge is 0.482 e. The molecule has 0 saturated carbocycles. The van der Waals surface area contributed by atoms with Crippen LogP contribution in [0.25, 0.3) is 0 Å². The van der Waals surface area contributed by atoms with E-state index in [1.54, 1.807) is 49.5 Å². The number of nitro groups is 1. The van der Waals surface area contributed by atoms with Gasteiger partial charge in [-0.15, -0.1) is 0 Å². The van der Waals surface area contributed by atoms with Crippen molar-refractivity contribution >= 4 is 27.5 Å². The summed E-state index contributed by atoms with van der Waals surface area (Å²) in [6.45, 7) is 4.91. The van der Waals surface area contributed by atoms with Crippen LogP contribution in [0.1, 0.15) is 34.1 Å². The number of nitrogens with zero attached hydrogens (tertiary/aromatic N) is 3. The molecule has 0 radical (unpaired) electrons. The molecule has 0 atom stereocenters. The molecule has 1 aromatic heterocycles. The Balaban J connectivity index is 1.67. The number of halogens is 1. The minimum atomic E-state index is -0.467. The van der Waals surface area contributed by atoms with Crippen LogP contribution in [0.5, 0.6) is 5.75 Å². The summed E-state index contributed by atoms with van der Waals surface area (Å²) in [4.78, 5) is 23.3. The lowest BCUT2D eigenvalue weighted by molar-refractivity contribution is -0.386. The van der Waals surface area contributed by atoms with Gasteiger partial charge in [0, 0.05) is 18.2 Å². The summed E-state index contributed by atoms with van der Waals surface area (Å²) in [7, 11) is 0. The molecule has 2 aromatic carbocycles. The van der Waals surface area contributed by atoms with Gasteiger partial charge in [0.05, 0.1) is 27.8 Å². The quantitative estimate of drug-likeness (QED) is 0.387. The maximum absolute atomic E-state index is 12.6. The van der Waals surface area contributed by atoms with E-state index in [4.69, 9.17) is 4.74 Å². The fraction of sp³-hybridized carbons (Fsp3) is 0.238. The lowest BCUT2D eigenvalue weighted by Gasteiger charge is -2.10. The predicted molar refractivity (Wildman–Crippen MR) is 115 cm³/mol. The van der Waals surface area contributed by atoms with E-state index < -0.39 is 4.92 Å². The molecule has 9 heteroatoms. The lowest BCUT2D eigenvalue weighted by Crippen LogP contribution is -2.24. The molecule has 0 bridgehead atoms. The zero-order chi connectivity index (χ0) is 21.7. The first-order valence-corrected chi connectivity index (χ1v) is 10.1. The molecule has 0 spiro atoms. The summed E-state index contributed by atoms with van der Waals surface area (Å²) in [5, 5.41) is 18.4. The third-order valence-corrected chi connectivity index (χ3v) is 5.17. The van der Waals surface area contributed by atoms with E-state index in [2.05, 4.69) is 26.3 Å². The normalized spacial score (nSPS) is 10.6. The Morgan fingerprint density at radius 2 is 2.10 bits per heavy atom. The van der Waals surface area contributed by atoms with Crippen LogP contribution in [0.15, 0.2) is 53.1 Å². The second kappa shape index (κ2) is 9.53. The predicted octanol–water partition coefficient (Wildman–Crippen LogP) is 4.39. The van der Waals surface area contributed by atoms with Crippen molar-refractivity contribution in [2.45, 2.75) is 33.5 Å². The van der Waals surface area contributed by atoms with Crippen LogP contribution in [0.2, 0.25) is 0 Å². The Bertz CT molecular complexity index is 1080. The van der Waals surface area contributed by atoms with Gasteiger partial charge in [-0.1, -0.05) is 18.2 Å². The Hall–Kier alpha value is -3.20. The molecule has 3 rings (SSSR count). The molecular weight excluding hydrogens is 452 g/mol. The summed E-state index contributed by atoms with van der Waals surface area (Å²) in [5.74, 6) is -0.0351. The summed E-state index contributed by atoms with van der Waals surface area (Å²) in [6.07, 6.45) is 1.70. The maximum atomic E-state index is 12.6. The van der Waals surface area contributed by atoms with Gasteiger partial charge in [-0.2, -0.15) is 5.10 Å². The fourth-order valence-electron chi connectivity index (χ4n) is 2.96. The van der Waals surface area contributed by atoms with Gasteiger partial charge in [0.25, 0.3) is 5.91 Å². The molecule has 0 saturated heterocycles. The molecule has 30 heavy (non-hydrogen) atoms. The minimum absolute atomic E-state index is 0.0815. The molecule has 0 aliphatic heterocycles. The van der Waals surface area contributed by atoms with E-state index in [1.807, 2.05) is 11.6 Å². The molecule has 3 aromatic rings. The number of benzene rings is 2. The summed E-state index contributed by atoms with van der Waals surface area (Å²) < 4.78 is 8.30. The Labute approximate surface area is 182 Å². The molecular formula is C21H21BrN4O4. The van der Waals surface area contributed by atoms with E-state index in [1.165, 1.54) is 6.07 Å². The fourth-order valence-corrected chi connectivity index (χ4v) is 3.39. The highest BCUT2D eigenvalue weighted by atomic mass is 79.9. The van der Waals surface area contributed by atoms with Crippen LogP contribution in [-0.4, -0.2) is 20.6 Å². The Morgan fingerprint density at radius 1 is 1.30 bits per heavy atom. The van der Waals surface area contributed by atoms with Gasteiger partial charge in [-0.25, -0.2) is 0 Å². The number of aromatic nitrogens is 2. The average molecular weight is 473 g/mol. The van der Waals surface area contributed by atoms with Gasteiger partial charge in [0.15, 0.2) is 5.75 Å². The first kappa shape index (κ1) is 21.5. The van der Waals surface area contributed by atoms with Gasteiger partial charge in [-0.05, 0) is 59.1 Å². The third kappa shape index (κ3) is 5.04. The zero-order valence-electron chi connectivity index (χ0n) is 16.6. The molecule has 8 nitrogen and oxygen atoms in total. The molecule has 0 unspecified atom stereocenters. The van der Waals surface area contributed by atoms with Gasteiger partial charge in [0.1, 0.15) is 6.61 Å². The number of hydrogen-bond acceptors (Lipinski definition) is 5. The van der Waals surface area contributed by atoms with Gasteiger partial charge in [0.2, 0.25) is 0 Å². The number of carbonyl (C=O) groups is 1. The molecule has 1 N–H and O–H groups in total. The molecule has 0 aliphatic carbocycles. The van der Waals surface area contributed by atoms with Crippen molar-refractivity contribution in [2.24, 2.45) is 0 Å². The minimum Gasteiger partial charge on any atom is -0.482 e. The summed E-state index contributed by atoms with van der Waals surface area (Å²) in [5.41, 5.74) is 2.80. The van der Waals surface area contributed by atoms with Crippen LogP contribution in [0, 0.1) is 17.0 Å². The van der Waals surface area contributed by atoms with E-state index in [-0.39, 0.29) is 24.0 Å². The van der Waals surface area contributed by atoms with E-state index in [0.29, 0.717) is 18.7 Å². The third-order valence-electron chi connectivity index (χ3n) is 4.51. The number of hydrogen-bond donors (Lipinski definition) is 1. The SMILES string of the molecule is CCn1ncc(Br)c1CNC(=O)c1cccc(COc2ccc(C)cc2[N+](=O)[O-])c1. The number of ether oxygens (including phenoxy) is 1. The van der Waals surface area contributed by atoms with Crippen molar-refractivity contribution in [3.05, 3.63) is 85.6 Å². The van der Waals surface area contributed by atoms with Crippen molar-refractivity contribution in [2.75, 3.05) is 0 Å². The topological polar surface area (TPSA) is 99.3 Å². The molecule has 1 heterocycles. The lowest BCUT2D eigenvalue weighted by atomic mass is 10.1. The van der Waals surface area contributed by atoms with E-state index in [0.717, 1.165) is 21.3 Å². The maximum Gasteiger partial charge on any atom is 0.311 e. The van der Waals surface area contributed by atoms with Crippen LogP contribution in [0.4, 0.5) is 5.69 Å². The van der Waals surface area contributed by atoms with Gasteiger partial charge >= 0.3 is 5.69 Å². The van der Waals surface area contributed by atoms with E-state index >= 15 is 0 Å². The summed E-state index contributed by atoms with van der Waals surface area (Å²) >= 11 is 3.44. The highest BCUT2D eigenvalue weighted by Crippen LogP contribution is 2.28. The smallest absolute Gasteiger partial charge is 0.311 e. The van der Waals surface area contributed by atoms with Crippen molar-refractivity contribution in [3.63, 3.8) is 0 Å². The van der Waals surface area contributed by atoms with Crippen LogP contribution in [0.3, 0.4) is 0 Å². The van der Waals surface area contributed by atoms with Crippen LogP contribution in [-0.2, 0) is 19.7 Å². The van der Waals surface area contributed by atoms with Crippen molar-refractivity contribution in [3.8, 4) is 5.75 Å². The van der Waals surface area contributed by atoms with Crippen molar-refractivity contribution in [1.82, 2.24) is 15.1 Å². The zero-order valence-corrected chi connectivity index (χ0v) is 18.2. The van der Waals surface area contributed by atoms with Crippen molar-refractivity contribution in [1.29, 1.82) is 0 Å². The number of nitrogens with one attached hydrogen (secondary N) is 1.